The van der Waals surface area contributed by atoms with Gasteiger partial charge >= 0.3 is 0 Å². The second kappa shape index (κ2) is 6.16. The summed E-state index contributed by atoms with van der Waals surface area (Å²) in [5.74, 6) is -0.370. The zero-order chi connectivity index (χ0) is 16.4. The van der Waals surface area contributed by atoms with E-state index in [0.29, 0.717) is 12.2 Å². The topological polar surface area (TPSA) is 88.6 Å². The fourth-order valence-electron chi connectivity index (χ4n) is 2.85. The molecule has 0 fully saturated rings. The maximum absolute atomic E-state index is 12.7. The summed E-state index contributed by atoms with van der Waals surface area (Å²) in [6, 6.07) is 8.11. The van der Waals surface area contributed by atoms with Gasteiger partial charge in [-0.2, -0.15) is 0 Å². The summed E-state index contributed by atoms with van der Waals surface area (Å²) >= 11 is 0. The van der Waals surface area contributed by atoms with E-state index in [1.807, 2.05) is 18.2 Å². The highest BCUT2D eigenvalue weighted by Gasteiger charge is 2.28. The Bertz CT molecular complexity index is 725. The molecule has 2 amide bonds. The summed E-state index contributed by atoms with van der Waals surface area (Å²) in [6.45, 7) is 2.29. The summed E-state index contributed by atoms with van der Waals surface area (Å²) in [7, 11) is 0. The van der Waals surface area contributed by atoms with Crippen LogP contribution in [0, 0.1) is 0 Å². The van der Waals surface area contributed by atoms with E-state index in [0.717, 1.165) is 24.1 Å². The standard InChI is InChI=1S/C17H19N3O3/c1-11(19-16(21)15-8-4-10-23-15)17(22)20-9-3-5-12-13(18)6-2-7-14(12)20/h2,4,6-8,10-11H,3,5,9,18H2,1H3,(H,19,21). The van der Waals surface area contributed by atoms with Crippen molar-refractivity contribution in [2.24, 2.45) is 0 Å². The van der Waals surface area contributed by atoms with Gasteiger partial charge in [0.25, 0.3) is 5.91 Å². The molecule has 0 bridgehead atoms. The number of carbonyl (C=O) groups excluding carboxylic acids is 2. The van der Waals surface area contributed by atoms with Crippen molar-refractivity contribution < 1.29 is 14.0 Å². The van der Waals surface area contributed by atoms with Crippen LogP contribution in [0.15, 0.2) is 41.0 Å². The van der Waals surface area contributed by atoms with Gasteiger partial charge in [0.05, 0.1) is 6.26 Å². The number of carbonyl (C=O) groups is 2. The molecule has 3 rings (SSSR count). The first-order valence-electron chi connectivity index (χ1n) is 7.61. The maximum atomic E-state index is 12.7. The Morgan fingerprint density at radius 3 is 2.87 bits per heavy atom. The van der Waals surface area contributed by atoms with Crippen LogP contribution in [-0.4, -0.2) is 24.4 Å². The predicted molar refractivity (Wildman–Crippen MR) is 87.2 cm³/mol. The molecule has 1 aromatic carbocycles. The van der Waals surface area contributed by atoms with Crippen molar-refractivity contribution in [3.63, 3.8) is 0 Å². The molecule has 0 spiro atoms. The molecule has 120 valence electrons. The average Bonchev–Trinajstić information content (AvgIpc) is 3.08. The van der Waals surface area contributed by atoms with Gasteiger partial charge < -0.3 is 20.4 Å². The average molecular weight is 313 g/mol. The van der Waals surface area contributed by atoms with Crippen LogP contribution < -0.4 is 16.0 Å². The van der Waals surface area contributed by atoms with Crippen molar-refractivity contribution in [3.8, 4) is 0 Å². The molecule has 0 saturated heterocycles. The lowest BCUT2D eigenvalue weighted by Crippen LogP contribution is -2.48. The maximum Gasteiger partial charge on any atom is 0.287 e. The minimum absolute atomic E-state index is 0.156. The van der Waals surface area contributed by atoms with Crippen molar-refractivity contribution in [1.82, 2.24) is 5.32 Å². The first-order chi connectivity index (χ1) is 11.1. The Labute approximate surface area is 134 Å². The van der Waals surface area contributed by atoms with Gasteiger partial charge in [-0.25, -0.2) is 0 Å². The molecular formula is C17H19N3O3. The molecule has 2 heterocycles. The van der Waals surface area contributed by atoms with Crippen molar-refractivity contribution in [2.75, 3.05) is 17.2 Å². The molecule has 1 atom stereocenters. The number of benzene rings is 1. The number of anilines is 2. The van der Waals surface area contributed by atoms with Crippen LogP contribution >= 0.6 is 0 Å². The second-order valence-electron chi connectivity index (χ2n) is 5.61. The molecule has 1 aromatic heterocycles. The lowest BCUT2D eigenvalue weighted by Gasteiger charge is -2.32. The van der Waals surface area contributed by atoms with Crippen LogP contribution in [0.3, 0.4) is 0 Å². The first kappa shape index (κ1) is 15.1. The molecule has 1 unspecified atom stereocenters. The van der Waals surface area contributed by atoms with Crippen molar-refractivity contribution >= 4 is 23.2 Å². The predicted octanol–water partition coefficient (Wildman–Crippen LogP) is 1.96. The monoisotopic (exact) mass is 313 g/mol. The van der Waals surface area contributed by atoms with E-state index in [2.05, 4.69) is 5.32 Å². The van der Waals surface area contributed by atoms with E-state index >= 15 is 0 Å². The van der Waals surface area contributed by atoms with Gasteiger partial charge in [0, 0.05) is 17.9 Å². The molecule has 6 nitrogen and oxygen atoms in total. The highest BCUT2D eigenvalue weighted by atomic mass is 16.3. The van der Waals surface area contributed by atoms with Crippen LogP contribution in [0.5, 0.6) is 0 Å². The highest BCUT2D eigenvalue weighted by Crippen LogP contribution is 2.31. The van der Waals surface area contributed by atoms with Crippen LogP contribution in [-0.2, 0) is 11.2 Å². The Morgan fingerprint density at radius 2 is 2.13 bits per heavy atom. The number of amides is 2. The first-order valence-corrected chi connectivity index (χ1v) is 7.61. The SMILES string of the molecule is CC(NC(=O)c1ccco1)C(=O)N1CCCc2c(N)cccc21. The lowest BCUT2D eigenvalue weighted by atomic mass is 9.99. The molecular weight excluding hydrogens is 294 g/mol. The van der Waals surface area contributed by atoms with Gasteiger partial charge in [-0.3, -0.25) is 9.59 Å². The quantitative estimate of drug-likeness (QED) is 0.848. The van der Waals surface area contributed by atoms with Crippen molar-refractivity contribution in [2.45, 2.75) is 25.8 Å². The number of furan rings is 1. The number of nitrogens with one attached hydrogen (secondary N) is 1. The third kappa shape index (κ3) is 2.92. The Kier molecular flexibility index (Phi) is 4.06. The van der Waals surface area contributed by atoms with E-state index in [9.17, 15) is 9.59 Å². The van der Waals surface area contributed by atoms with E-state index in [1.54, 1.807) is 24.0 Å². The van der Waals surface area contributed by atoms with Gasteiger partial charge in [0.1, 0.15) is 6.04 Å². The number of fused-ring (bicyclic) bond motifs is 1. The van der Waals surface area contributed by atoms with Crippen LogP contribution in [0.2, 0.25) is 0 Å². The molecule has 0 saturated carbocycles. The molecule has 1 aliphatic heterocycles. The van der Waals surface area contributed by atoms with E-state index < -0.39 is 11.9 Å². The van der Waals surface area contributed by atoms with Gasteiger partial charge in [0.2, 0.25) is 5.91 Å². The molecule has 3 N–H and O–H groups in total. The Morgan fingerprint density at radius 1 is 1.30 bits per heavy atom. The zero-order valence-corrected chi connectivity index (χ0v) is 12.9. The summed E-state index contributed by atoms with van der Waals surface area (Å²) in [6.07, 6.45) is 3.13. The second-order valence-corrected chi connectivity index (χ2v) is 5.61. The largest absolute Gasteiger partial charge is 0.459 e. The third-order valence-electron chi connectivity index (χ3n) is 4.02. The number of nitrogens with zero attached hydrogens (tertiary/aromatic N) is 1. The van der Waals surface area contributed by atoms with Gasteiger partial charge in [-0.05, 0) is 49.6 Å². The highest BCUT2D eigenvalue weighted by molar-refractivity contribution is 6.02. The van der Waals surface area contributed by atoms with Gasteiger partial charge in [-0.1, -0.05) is 6.07 Å². The van der Waals surface area contributed by atoms with E-state index in [4.69, 9.17) is 10.2 Å². The van der Waals surface area contributed by atoms with Crippen molar-refractivity contribution in [3.05, 3.63) is 47.9 Å². The molecule has 2 aromatic rings. The van der Waals surface area contributed by atoms with E-state index in [-0.39, 0.29) is 11.7 Å². The number of rotatable bonds is 3. The molecule has 1 aliphatic rings. The summed E-state index contributed by atoms with van der Waals surface area (Å²) in [5.41, 5.74) is 8.54. The number of nitrogens with two attached hydrogens (primary N) is 1. The lowest BCUT2D eigenvalue weighted by molar-refractivity contribution is -0.120. The van der Waals surface area contributed by atoms with Crippen LogP contribution in [0.25, 0.3) is 0 Å². The van der Waals surface area contributed by atoms with E-state index in [1.165, 1.54) is 6.26 Å². The number of nitrogen functional groups attached to an aromatic ring is 1. The van der Waals surface area contributed by atoms with Gasteiger partial charge in [0.15, 0.2) is 5.76 Å². The minimum Gasteiger partial charge on any atom is -0.459 e. The van der Waals surface area contributed by atoms with Crippen LogP contribution in [0.1, 0.15) is 29.5 Å². The fourth-order valence-corrected chi connectivity index (χ4v) is 2.85. The normalized spacial score (nSPS) is 14.9. The smallest absolute Gasteiger partial charge is 0.287 e. The molecule has 0 radical (unpaired) electrons. The summed E-state index contributed by atoms with van der Waals surface area (Å²) in [5, 5.41) is 2.67. The number of hydrogen-bond acceptors (Lipinski definition) is 4. The molecule has 6 heteroatoms. The fraction of sp³-hybridized carbons (Fsp3) is 0.294. The third-order valence-corrected chi connectivity index (χ3v) is 4.02. The summed E-state index contributed by atoms with van der Waals surface area (Å²) in [4.78, 5) is 26.4. The van der Waals surface area contributed by atoms with Gasteiger partial charge in [-0.15, -0.1) is 0 Å². The summed E-state index contributed by atoms with van der Waals surface area (Å²) < 4.78 is 5.04. The molecule has 23 heavy (non-hydrogen) atoms. The number of hydrogen-bond donors (Lipinski definition) is 2. The Hall–Kier alpha value is -2.76. The minimum atomic E-state index is -0.653. The zero-order valence-electron chi connectivity index (χ0n) is 12.9. The van der Waals surface area contributed by atoms with Crippen molar-refractivity contribution in [1.29, 1.82) is 0 Å². The van der Waals surface area contributed by atoms with Crippen LogP contribution in [0.4, 0.5) is 11.4 Å². The Balaban J connectivity index is 1.76. The molecule has 0 aliphatic carbocycles.